The normalized spacial score (nSPS) is 19.7. The van der Waals surface area contributed by atoms with Crippen LogP contribution in [0.25, 0.3) is 10.9 Å². The first-order valence-corrected chi connectivity index (χ1v) is 9.63. The van der Waals surface area contributed by atoms with Crippen LogP contribution in [0.2, 0.25) is 0 Å². The maximum absolute atomic E-state index is 12.5. The minimum Gasteiger partial charge on any atom is -0.342 e. The van der Waals surface area contributed by atoms with E-state index in [1.165, 1.54) is 5.69 Å². The topological polar surface area (TPSA) is 54.3 Å². The Balaban J connectivity index is 1.34. The summed E-state index contributed by atoms with van der Waals surface area (Å²) in [5.74, 6) is 0.249. The molecule has 0 bridgehead atoms. The first-order valence-electron chi connectivity index (χ1n) is 9.63. The van der Waals surface area contributed by atoms with Gasteiger partial charge in [0.15, 0.2) is 0 Å². The maximum atomic E-state index is 12.5. The lowest BCUT2D eigenvalue weighted by atomic mass is 10.1. The Labute approximate surface area is 158 Å². The van der Waals surface area contributed by atoms with Gasteiger partial charge < -0.3 is 4.90 Å². The molecule has 1 fully saturated rings. The molecule has 2 aliphatic rings. The molecule has 0 aliphatic carbocycles. The van der Waals surface area contributed by atoms with Crippen molar-refractivity contribution >= 4 is 16.8 Å². The number of hydrogen-bond donors (Lipinski definition) is 0. The van der Waals surface area contributed by atoms with Crippen LogP contribution in [0.4, 0.5) is 0 Å². The summed E-state index contributed by atoms with van der Waals surface area (Å²) < 4.78 is 2.04. The van der Waals surface area contributed by atoms with Crippen molar-refractivity contribution in [1.82, 2.24) is 24.6 Å². The standard InChI is InChI=1S/C21H23N5O/c27-21(25-10-3-11-25)12-19-15-24(14-18-8-9-22-26(18)19)13-17-7-6-16-4-1-2-5-20(16)23-17/h1-2,4-9,19H,3,10-15H2. The van der Waals surface area contributed by atoms with Crippen molar-refractivity contribution in [3.05, 3.63) is 60.0 Å². The monoisotopic (exact) mass is 361 g/mol. The molecule has 138 valence electrons. The van der Waals surface area contributed by atoms with Crippen LogP contribution >= 0.6 is 0 Å². The number of para-hydroxylation sites is 1. The highest BCUT2D eigenvalue weighted by atomic mass is 16.2. The van der Waals surface area contributed by atoms with Crippen molar-refractivity contribution in [2.45, 2.75) is 32.0 Å². The molecule has 5 rings (SSSR count). The fourth-order valence-electron chi connectivity index (χ4n) is 4.06. The van der Waals surface area contributed by atoms with E-state index < -0.39 is 0 Å². The number of fused-ring (bicyclic) bond motifs is 2. The zero-order valence-corrected chi connectivity index (χ0v) is 15.3. The van der Waals surface area contributed by atoms with Crippen LogP contribution in [-0.2, 0) is 17.9 Å². The van der Waals surface area contributed by atoms with Gasteiger partial charge in [0.05, 0.1) is 29.4 Å². The lowest BCUT2D eigenvalue weighted by molar-refractivity contribution is -0.135. The van der Waals surface area contributed by atoms with Gasteiger partial charge in [-0.2, -0.15) is 5.10 Å². The van der Waals surface area contributed by atoms with Gasteiger partial charge in [0.25, 0.3) is 0 Å². The van der Waals surface area contributed by atoms with E-state index in [-0.39, 0.29) is 11.9 Å². The quantitative estimate of drug-likeness (QED) is 0.717. The minimum atomic E-state index is 0.0947. The molecule has 4 heterocycles. The van der Waals surface area contributed by atoms with Crippen LogP contribution in [0.1, 0.15) is 30.3 Å². The van der Waals surface area contributed by atoms with Gasteiger partial charge >= 0.3 is 0 Å². The summed E-state index contributed by atoms with van der Waals surface area (Å²) in [5, 5.41) is 5.64. The van der Waals surface area contributed by atoms with E-state index in [2.05, 4.69) is 40.3 Å². The predicted octanol–water partition coefficient (Wildman–Crippen LogP) is 2.61. The molecule has 6 heteroatoms. The van der Waals surface area contributed by atoms with Gasteiger partial charge in [0, 0.05) is 44.3 Å². The third-order valence-corrected chi connectivity index (χ3v) is 5.61. The summed E-state index contributed by atoms with van der Waals surface area (Å²) in [5.41, 5.74) is 3.26. The van der Waals surface area contributed by atoms with Crippen molar-refractivity contribution in [3.63, 3.8) is 0 Å². The highest BCUT2D eigenvalue weighted by Gasteiger charge is 2.30. The van der Waals surface area contributed by atoms with E-state index in [1.54, 1.807) is 0 Å². The van der Waals surface area contributed by atoms with E-state index in [1.807, 2.05) is 27.9 Å². The van der Waals surface area contributed by atoms with Crippen molar-refractivity contribution in [3.8, 4) is 0 Å². The molecule has 1 amide bonds. The fourth-order valence-corrected chi connectivity index (χ4v) is 4.06. The summed E-state index contributed by atoms with van der Waals surface area (Å²) in [6.45, 7) is 4.25. The lowest BCUT2D eigenvalue weighted by Gasteiger charge is -2.36. The molecule has 2 aliphatic heterocycles. The Bertz CT molecular complexity index is 977. The summed E-state index contributed by atoms with van der Waals surface area (Å²) in [6, 6.07) is 14.6. The zero-order valence-electron chi connectivity index (χ0n) is 15.3. The van der Waals surface area contributed by atoms with Crippen LogP contribution < -0.4 is 0 Å². The predicted molar refractivity (Wildman–Crippen MR) is 103 cm³/mol. The van der Waals surface area contributed by atoms with Crippen molar-refractivity contribution in [2.24, 2.45) is 0 Å². The summed E-state index contributed by atoms with van der Waals surface area (Å²) in [6.07, 6.45) is 3.49. The number of likely N-dealkylation sites (tertiary alicyclic amines) is 1. The van der Waals surface area contributed by atoms with Gasteiger partial charge in [-0.25, -0.2) is 0 Å². The highest BCUT2D eigenvalue weighted by molar-refractivity contribution is 5.78. The Kier molecular flexibility index (Phi) is 4.13. The largest absolute Gasteiger partial charge is 0.342 e. The number of carbonyl (C=O) groups is 1. The van der Waals surface area contributed by atoms with Crippen molar-refractivity contribution in [1.29, 1.82) is 0 Å². The van der Waals surface area contributed by atoms with Gasteiger partial charge in [-0.3, -0.25) is 19.4 Å². The molecule has 0 spiro atoms. The minimum absolute atomic E-state index is 0.0947. The van der Waals surface area contributed by atoms with Gasteiger partial charge in [-0.1, -0.05) is 24.3 Å². The average molecular weight is 361 g/mol. The van der Waals surface area contributed by atoms with Crippen LogP contribution in [0.3, 0.4) is 0 Å². The number of pyridine rings is 1. The molecular weight excluding hydrogens is 338 g/mol. The number of benzene rings is 1. The van der Waals surface area contributed by atoms with Crippen LogP contribution in [0.15, 0.2) is 48.7 Å². The number of amides is 1. The smallest absolute Gasteiger partial charge is 0.224 e. The fraction of sp³-hybridized carbons (Fsp3) is 0.381. The Morgan fingerprint density at radius 1 is 1.11 bits per heavy atom. The van der Waals surface area contributed by atoms with E-state index in [9.17, 15) is 4.79 Å². The first kappa shape index (κ1) is 16.4. The maximum Gasteiger partial charge on any atom is 0.224 e. The molecule has 1 unspecified atom stereocenters. The van der Waals surface area contributed by atoms with Gasteiger partial charge in [0.1, 0.15) is 0 Å². The summed E-state index contributed by atoms with van der Waals surface area (Å²) in [4.78, 5) is 21.6. The van der Waals surface area contributed by atoms with E-state index in [0.717, 1.165) is 55.7 Å². The molecule has 0 saturated carbocycles. The molecule has 6 nitrogen and oxygen atoms in total. The second-order valence-electron chi connectivity index (χ2n) is 7.52. The van der Waals surface area contributed by atoms with Crippen molar-refractivity contribution in [2.75, 3.05) is 19.6 Å². The third-order valence-electron chi connectivity index (χ3n) is 5.61. The van der Waals surface area contributed by atoms with Crippen LogP contribution in [0.5, 0.6) is 0 Å². The molecule has 1 aromatic carbocycles. The molecule has 2 aromatic heterocycles. The number of nitrogens with zero attached hydrogens (tertiary/aromatic N) is 5. The molecule has 0 radical (unpaired) electrons. The molecule has 27 heavy (non-hydrogen) atoms. The van der Waals surface area contributed by atoms with Crippen LogP contribution in [-0.4, -0.2) is 50.1 Å². The zero-order chi connectivity index (χ0) is 18.2. The number of hydrogen-bond acceptors (Lipinski definition) is 4. The second kappa shape index (κ2) is 6.78. The van der Waals surface area contributed by atoms with Gasteiger partial charge in [-0.05, 0) is 24.6 Å². The Hall–Kier alpha value is -2.73. The van der Waals surface area contributed by atoms with Crippen LogP contribution in [0, 0.1) is 0 Å². The molecule has 1 saturated heterocycles. The molecular formula is C21H23N5O. The van der Waals surface area contributed by atoms with Gasteiger partial charge in [-0.15, -0.1) is 0 Å². The SMILES string of the molecule is O=C(CC1CN(Cc2ccc3ccccc3n2)Cc2ccnn21)N1CCC1. The van der Waals surface area contributed by atoms with Gasteiger partial charge in [0.2, 0.25) is 5.91 Å². The Morgan fingerprint density at radius 2 is 2.00 bits per heavy atom. The number of rotatable bonds is 4. The number of aromatic nitrogens is 3. The third kappa shape index (κ3) is 3.21. The number of carbonyl (C=O) groups excluding carboxylic acids is 1. The molecule has 1 atom stereocenters. The summed E-state index contributed by atoms with van der Waals surface area (Å²) >= 11 is 0. The highest BCUT2D eigenvalue weighted by Crippen LogP contribution is 2.26. The first-order chi connectivity index (χ1) is 13.3. The van der Waals surface area contributed by atoms with E-state index in [0.29, 0.717) is 6.42 Å². The second-order valence-corrected chi connectivity index (χ2v) is 7.52. The van der Waals surface area contributed by atoms with E-state index >= 15 is 0 Å². The van der Waals surface area contributed by atoms with E-state index in [4.69, 9.17) is 4.98 Å². The summed E-state index contributed by atoms with van der Waals surface area (Å²) in [7, 11) is 0. The molecule has 0 N–H and O–H groups in total. The lowest BCUT2D eigenvalue weighted by Crippen LogP contribution is -2.45. The van der Waals surface area contributed by atoms with Crippen molar-refractivity contribution < 1.29 is 4.79 Å². The Morgan fingerprint density at radius 3 is 2.85 bits per heavy atom. The molecule has 3 aromatic rings. The average Bonchev–Trinajstić information content (AvgIpc) is 3.09.